The molecule has 1 N–H and O–H groups in total. The summed E-state index contributed by atoms with van der Waals surface area (Å²) in [4.78, 5) is 11.1. The molecule has 1 heterocycles. The summed E-state index contributed by atoms with van der Waals surface area (Å²) in [6.45, 7) is 4.13. The Labute approximate surface area is 93.7 Å². The molecule has 0 unspecified atom stereocenters. The average Bonchev–Trinajstić information content (AvgIpc) is 2.57. The van der Waals surface area contributed by atoms with E-state index in [0.717, 1.165) is 17.4 Å². The highest BCUT2D eigenvalue weighted by atomic mass is 16.4. The molecule has 1 aromatic carbocycles. The van der Waals surface area contributed by atoms with Gasteiger partial charge in [-0.2, -0.15) is 0 Å². The minimum Gasteiger partial charge on any atom is -0.475 e. The third-order valence-electron chi connectivity index (χ3n) is 2.50. The van der Waals surface area contributed by atoms with Gasteiger partial charge in [0.15, 0.2) is 0 Å². The summed E-state index contributed by atoms with van der Waals surface area (Å²) < 4.78 is 5.36. The van der Waals surface area contributed by atoms with Crippen LogP contribution in [0.2, 0.25) is 0 Å². The molecule has 0 aliphatic heterocycles. The number of carbonyl (C=O) groups is 1. The van der Waals surface area contributed by atoms with Crippen LogP contribution in [0.3, 0.4) is 0 Å². The van der Waals surface area contributed by atoms with Crippen molar-refractivity contribution >= 4 is 16.9 Å². The molecule has 2 rings (SSSR count). The predicted octanol–water partition coefficient (Wildman–Crippen LogP) is 3.33. The van der Waals surface area contributed by atoms with Crippen molar-refractivity contribution in [2.24, 2.45) is 5.92 Å². The molecule has 0 fully saturated rings. The fraction of sp³-hybridized carbons (Fsp3) is 0.308. The third kappa shape index (κ3) is 1.81. The van der Waals surface area contributed by atoms with E-state index in [1.807, 2.05) is 18.2 Å². The summed E-state index contributed by atoms with van der Waals surface area (Å²) >= 11 is 0. The highest BCUT2D eigenvalue weighted by molar-refractivity contribution is 5.95. The largest absolute Gasteiger partial charge is 0.475 e. The highest BCUT2D eigenvalue weighted by Crippen LogP contribution is 2.27. The van der Waals surface area contributed by atoms with E-state index in [1.54, 1.807) is 6.07 Å². The lowest BCUT2D eigenvalue weighted by atomic mass is 10.00. The summed E-state index contributed by atoms with van der Waals surface area (Å²) in [5.41, 5.74) is 1.45. The number of carboxylic acid groups (broad SMARTS) is 1. The van der Waals surface area contributed by atoms with Crippen molar-refractivity contribution in [3.8, 4) is 0 Å². The number of benzene rings is 1. The van der Waals surface area contributed by atoms with Crippen molar-refractivity contribution < 1.29 is 14.3 Å². The molecule has 0 saturated heterocycles. The molecule has 3 heteroatoms. The van der Waals surface area contributed by atoms with Gasteiger partial charge in [0.25, 0.3) is 0 Å². The van der Waals surface area contributed by atoms with E-state index >= 15 is 0 Å². The van der Waals surface area contributed by atoms with Crippen molar-refractivity contribution in [3.05, 3.63) is 35.6 Å². The number of fused-ring (bicyclic) bond motifs is 1. The molecule has 0 saturated carbocycles. The SMILES string of the molecule is CC(C)Cc1c(C(=O)O)oc2ccccc12. The molecule has 3 nitrogen and oxygen atoms in total. The first-order valence-corrected chi connectivity index (χ1v) is 5.33. The van der Waals surface area contributed by atoms with E-state index in [9.17, 15) is 4.79 Å². The Hall–Kier alpha value is -1.77. The summed E-state index contributed by atoms with van der Waals surface area (Å²) in [7, 11) is 0. The molecule has 2 aromatic rings. The molecule has 0 amide bonds. The average molecular weight is 218 g/mol. The van der Waals surface area contributed by atoms with E-state index in [0.29, 0.717) is 11.5 Å². The summed E-state index contributed by atoms with van der Waals surface area (Å²) in [6, 6.07) is 7.44. The van der Waals surface area contributed by atoms with Gasteiger partial charge in [-0.25, -0.2) is 4.79 Å². The van der Waals surface area contributed by atoms with E-state index in [-0.39, 0.29) is 5.76 Å². The number of hydrogen-bond donors (Lipinski definition) is 1. The number of aromatic carboxylic acids is 1. The third-order valence-corrected chi connectivity index (χ3v) is 2.50. The van der Waals surface area contributed by atoms with Crippen LogP contribution in [-0.2, 0) is 6.42 Å². The molecule has 0 bridgehead atoms. The summed E-state index contributed by atoms with van der Waals surface area (Å²) in [6.07, 6.45) is 0.721. The number of carboxylic acids is 1. The molecule has 16 heavy (non-hydrogen) atoms. The zero-order valence-corrected chi connectivity index (χ0v) is 9.36. The highest BCUT2D eigenvalue weighted by Gasteiger charge is 2.19. The van der Waals surface area contributed by atoms with Crippen LogP contribution < -0.4 is 0 Å². The van der Waals surface area contributed by atoms with Gasteiger partial charge in [0.2, 0.25) is 5.76 Å². The van der Waals surface area contributed by atoms with Crippen molar-refractivity contribution in [2.75, 3.05) is 0 Å². The zero-order valence-electron chi connectivity index (χ0n) is 9.36. The maximum Gasteiger partial charge on any atom is 0.372 e. The Kier molecular flexibility index (Phi) is 2.69. The predicted molar refractivity (Wildman–Crippen MR) is 61.7 cm³/mol. The van der Waals surface area contributed by atoms with E-state index in [1.165, 1.54) is 0 Å². The number of para-hydroxylation sites is 1. The second kappa shape index (κ2) is 4.00. The van der Waals surface area contributed by atoms with Gasteiger partial charge in [-0.15, -0.1) is 0 Å². The standard InChI is InChI=1S/C13H14O3/c1-8(2)7-10-9-5-3-4-6-11(9)16-12(10)13(14)15/h3-6,8H,7H2,1-2H3,(H,14,15). The van der Waals surface area contributed by atoms with Crippen molar-refractivity contribution in [2.45, 2.75) is 20.3 Å². The first kappa shape index (κ1) is 10.7. The minimum absolute atomic E-state index is 0.0786. The first-order valence-electron chi connectivity index (χ1n) is 5.33. The lowest BCUT2D eigenvalue weighted by Crippen LogP contribution is -2.02. The normalized spacial score (nSPS) is 11.2. The van der Waals surface area contributed by atoms with Gasteiger partial charge in [0, 0.05) is 10.9 Å². The van der Waals surface area contributed by atoms with Crippen LogP contribution in [0, 0.1) is 5.92 Å². The topological polar surface area (TPSA) is 50.4 Å². The van der Waals surface area contributed by atoms with Crippen LogP contribution in [0.5, 0.6) is 0 Å². The minimum atomic E-state index is -0.994. The quantitative estimate of drug-likeness (QED) is 0.859. The molecule has 0 atom stereocenters. The van der Waals surface area contributed by atoms with Crippen molar-refractivity contribution in [3.63, 3.8) is 0 Å². The smallest absolute Gasteiger partial charge is 0.372 e. The molecule has 0 radical (unpaired) electrons. The molecule has 1 aromatic heterocycles. The van der Waals surface area contributed by atoms with Gasteiger partial charge < -0.3 is 9.52 Å². The Morgan fingerprint density at radius 1 is 1.38 bits per heavy atom. The molecular formula is C13H14O3. The Bertz CT molecular complexity index is 523. The van der Waals surface area contributed by atoms with E-state index in [4.69, 9.17) is 9.52 Å². The molecule has 0 spiro atoms. The first-order chi connectivity index (χ1) is 7.59. The van der Waals surface area contributed by atoms with Crippen LogP contribution >= 0.6 is 0 Å². The molecule has 84 valence electrons. The van der Waals surface area contributed by atoms with Gasteiger partial charge in [-0.1, -0.05) is 32.0 Å². The van der Waals surface area contributed by atoms with Crippen LogP contribution in [-0.4, -0.2) is 11.1 Å². The lowest BCUT2D eigenvalue weighted by molar-refractivity contribution is 0.0663. The number of hydrogen-bond acceptors (Lipinski definition) is 2. The maximum absolute atomic E-state index is 11.1. The molecule has 0 aliphatic carbocycles. The zero-order chi connectivity index (χ0) is 11.7. The molecular weight excluding hydrogens is 204 g/mol. The van der Waals surface area contributed by atoms with Gasteiger partial charge in [-0.3, -0.25) is 0 Å². The van der Waals surface area contributed by atoms with Crippen molar-refractivity contribution in [1.29, 1.82) is 0 Å². The fourth-order valence-electron chi connectivity index (χ4n) is 1.88. The number of rotatable bonds is 3. The van der Waals surface area contributed by atoms with Crippen LogP contribution in [0.4, 0.5) is 0 Å². The Balaban J connectivity index is 2.64. The van der Waals surface area contributed by atoms with Crippen molar-refractivity contribution in [1.82, 2.24) is 0 Å². The maximum atomic E-state index is 11.1. The molecule has 0 aliphatic rings. The summed E-state index contributed by atoms with van der Waals surface area (Å²) in [5, 5.41) is 10.00. The number of furan rings is 1. The second-order valence-corrected chi connectivity index (χ2v) is 4.31. The van der Waals surface area contributed by atoms with Gasteiger partial charge >= 0.3 is 5.97 Å². The Morgan fingerprint density at radius 3 is 2.69 bits per heavy atom. The van der Waals surface area contributed by atoms with Crippen LogP contribution in [0.25, 0.3) is 11.0 Å². The Morgan fingerprint density at radius 2 is 2.06 bits per heavy atom. The second-order valence-electron chi connectivity index (χ2n) is 4.31. The van der Waals surface area contributed by atoms with E-state index in [2.05, 4.69) is 13.8 Å². The monoisotopic (exact) mass is 218 g/mol. The van der Waals surface area contributed by atoms with Gasteiger partial charge in [0.1, 0.15) is 5.58 Å². The van der Waals surface area contributed by atoms with Crippen LogP contribution in [0.1, 0.15) is 30.0 Å². The van der Waals surface area contributed by atoms with E-state index < -0.39 is 5.97 Å². The van der Waals surface area contributed by atoms with Gasteiger partial charge in [-0.05, 0) is 18.4 Å². The fourth-order valence-corrected chi connectivity index (χ4v) is 1.88. The lowest BCUT2D eigenvalue weighted by Gasteiger charge is -2.03. The van der Waals surface area contributed by atoms with Crippen LogP contribution in [0.15, 0.2) is 28.7 Å². The summed E-state index contributed by atoms with van der Waals surface area (Å²) in [5.74, 6) is -0.513. The van der Waals surface area contributed by atoms with Gasteiger partial charge in [0.05, 0.1) is 0 Å².